The average molecular weight is 463 g/mol. The van der Waals surface area contributed by atoms with Crippen LogP contribution < -0.4 is 20.7 Å². The number of nitrogens with one attached hydrogen (secondary N) is 3. The molecule has 0 fully saturated rings. The number of rotatable bonds is 5. The zero-order chi connectivity index (χ0) is 24.0. The minimum Gasteiger partial charge on any atom is -0.457 e. The molecule has 0 aromatic heterocycles. The van der Waals surface area contributed by atoms with Crippen LogP contribution >= 0.6 is 0 Å². The zero-order valence-corrected chi connectivity index (χ0v) is 18.6. The molecule has 4 aromatic rings. The van der Waals surface area contributed by atoms with Gasteiger partial charge in [-0.25, -0.2) is 9.79 Å². The summed E-state index contributed by atoms with van der Waals surface area (Å²) in [5.74, 6) is 0.934. The number of para-hydroxylation sites is 2. The number of ether oxygens (including phenoxy) is 1. The highest BCUT2D eigenvalue weighted by Gasteiger charge is 2.27. The fraction of sp³-hybridized carbons (Fsp3) is 0.0357. The van der Waals surface area contributed by atoms with E-state index in [2.05, 4.69) is 20.9 Å². The number of anilines is 2. The number of carbonyl (C=O) groups excluding carboxylic acids is 2. The monoisotopic (exact) mass is 462 g/mol. The number of benzene rings is 4. The van der Waals surface area contributed by atoms with Crippen LogP contribution in [0.1, 0.15) is 11.1 Å². The Morgan fingerprint density at radius 1 is 0.771 bits per heavy atom. The van der Waals surface area contributed by atoms with Gasteiger partial charge in [0.1, 0.15) is 11.5 Å². The molecule has 0 saturated heterocycles. The highest BCUT2D eigenvalue weighted by molar-refractivity contribution is 6.19. The fourth-order valence-electron chi connectivity index (χ4n) is 3.70. The third-order valence-corrected chi connectivity index (χ3v) is 5.35. The molecule has 7 nitrogen and oxygen atoms in total. The molecule has 0 aliphatic carbocycles. The van der Waals surface area contributed by atoms with E-state index < -0.39 is 18.1 Å². The van der Waals surface area contributed by atoms with E-state index in [1.165, 1.54) is 0 Å². The first-order chi connectivity index (χ1) is 17.2. The average Bonchev–Trinajstić information content (AvgIpc) is 3.02. The van der Waals surface area contributed by atoms with E-state index in [9.17, 15) is 9.59 Å². The van der Waals surface area contributed by atoms with E-state index in [0.29, 0.717) is 22.8 Å². The lowest BCUT2D eigenvalue weighted by molar-refractivity contribution is -0.117. The number of carbonyl (C=O) groups is 2. The number of nitrogens with zero attached hydrogens (tertiary/aromatic N) is 1. The maximum Gasteiger partial charge on any atom is 0.321 e. The quantitative estimate of drug-likeness (QED) is 0.370. The van der Waals surface area contributed by atoms with Crippen molar-refractivity contribution in [3.8, 4) is 11.5 Å². The third kappa shape index (κ3) is 5.20. The summed E-state index contributed by atoms with van der Waals surface area (Å²) in [5.41, 5.74) is 3.43. The first kappa shape index (κ1) is 21.9. The molecule has 35 heavy (non-hydrogen) atoms. The van der Waals surface area contributed by atoms with E-state index in [1.807, 2.05) is 84.9 Å². The van der Waals surface area contributed by atoms with Crippen LogP contribution in [0.5, 0.6) is 11.5 Å². The Morgan fingerprint density at radius 3 is 2.14 bits per heavy atom. The second-order valence-corrected chi connectivity index (χ2v) is 7.82. The molecular formula is C28H22N4O3. The van der Waals surface area contributed by atoms with Crippen LogP contribution in [-0.2, 0) is 4.79 Å². The van der Waals surface area contributed by atoms with Crippen LogP contribution in [0.15, 0.2) is 114 Å². The molecule has 1 aliphatic rings. The number of benzodiazepines with no additional fused rings is 1. The van der Waals surface area contributed by atoms with Gasteiger partial charge < -0.3 is 20.7 Å². The summed E-state index contributed by atoms with van der Waals surface area (Å²) in [7, 11) is 0. The summed E-state index contributed by atoms with van der Waals surface area (Å²) in [6.45, 7) is 0. The van der Waals surface area contributed by atoms with Crippen LogP contribution in [-0.4, -0.2) is 23.8 Å². The molecule has 0 radical (unpaired) electrons. The van der Waals surface area contributed by atoms with Crippen LogP contribution in [0.25, 0.3) is 0 Å². The smallest absolute Gasteiger partial charge is 0.321 e. The van der Waals surface area contributed by atoms with Crippen molar-refractivity contribution in [3.63, 3.8) is 0 Å². The van der Waals surface area contributed by atoms with Gasteiger partial charge in [0.25, 0.3) is 5.91 Å². The van der Waals surface area contributed by atoms with E-state index in [4.69, 9.17) is 4.74 Å². The van der Waals surface area contributed by atoms with Gasteiger partial charge in [-0.15, -0.1) is 0 Å². The highest BCUT2D eigenvalue weighted by atomic mass is 16.5. The molecular weight excluding hydrogens is 440 g/mol. The predicted molar refractivity (Wildman–Crippen MR) is 136 cm³/mol. The van der Waals surface area contributed by atoms with E-state index in [-0.39, 0.29) is 0 Å². The molecule has 3 N–H and O–H groups in total. The van der Waals surface area contributed by atoms with Crippen molar-refractivity contribution in [2.45, 2.75) is 6.17 Å². The summed E-state index contributed by atoms with van der Waals surface area (Å²) < 4.78 is 5.77. The standard InChI is InChI=1S/C28H22N4O3/c33-27-26(31-25(19-9-3-1-4-10-19)23-13-7-8-14-24(23)30-27)32-28(34)29-20-15-17-22(18-16-20)35-21-11-5-2-6-12-21/h1-18,26H,(H,30,33)(H2,29,32,34)/t26-/m1/s1. The molecule has 0 spiro atoms. The van der Waals surface area contributed by atoms with Crippen molar-refractivity contribution in [1.29, 1.82) is 0 Å². The largest absolute Gasteiger partial charge is 0.457 e. The SMILES string of the molecule is O=C(Nc1ccc(Oc2ccccc2)cc1)N[C@H]1N=C(c2ccccc2)c2ccccc2NC1=O. The third-order valence-electron chi connectivity index (χ3n) is 5.35. The molecule has 1 atom stereocenters. The number of amides is 3. The maximum absolute atomic E-state index is 12.9. The first-order valence-electron chi connectivity index (χ1n) is 11.1. The van der Waals surface area contributed by atoms with E-state index in [0.717, 1.165) is 16.9 Å². The van der Waals surface area contributed by atoms with Crippen molar-refractivity contribution in [2.75, 3.05) is 10.6 Å². The molecule has 3 amide bonds. The first-order valence-corrected chi connectivity index (χ1v) is 11.1. The number of fused-ring (bicyclic) bond motifs is 1. The Balaban J connectivity index is 1.32. The summed E-state index contributed by atoms with van der Waals surface area (Å²) in [5, 5.41) is 8.27. The topological polar surface area (TPSA) is 91.8 Å². The summed E-state index contributed by atoms with van der Waals surface area (Å²) in [4.78, 5) is 30.2. The fourth-order valence-corrected chi connectivity index (χ4v) is 3.70. The van der Waals surface area contributed by atoms with Crippen molar-refractivity contribution in [1.82, 2.24) is 5.32 Å². The van der Waals surface area contributed by atoms with Gasteiger partial charge in [-0.1, -0.05) is 66.7 Å². The molecule has 5 rings (SSSR count). The number of hydrogen-bond acceptors (Lipinski definition) is 4. The second kappa shape index (κ2) is 9.93. The zero-order valence-electron chi connectivity index (χ0n) is 18.6. The van der Waals surface area contributed by atoms with Gasteiger partial charge in [-0.2, -0.15) is 0 Å². The molecule has 1 heterocycles. The molecule has 4 aromatic carbocycles. The molecule has 7 heteroatoms. The Labute approximate surface area is 202 Å². The maximum atomic E-state index is 12.9. The molecule has 0 bridgehead atoms. The highest BCUT2D eigenvalue weighted by Crippen LogP contribution is 2.24. The van der Waals surface area contributed by atoms with Crippen molar-refractivity contribution in [2.24, 2.45) is 4.99 Å². The lowest BCUT2D eigenvalue weighted by Crippen LogP contribution is -2.44. The predicted octanol–water partition coefficient (Wildman–Crippen LogP) is 5.42. The summed E-state index contributed by atoms with van der Waals surface area (Å²) in [6.07, 6.45) is -1.11. The van der Waals surface area contributed by atoms with Gasteiger partial charge in [0.2, 0.25) is 6.17 Å². The molecule has 1 aliphatic heterocycles. The van der Waals surface area contributed by atoms with Crippen molar-refractivity contribution in [3.05, 3.63) is 120 Å². The van der Waals surface area contributed by atoms with Crippen molar-refractivity contribution < 1.29 is 14.3 Å². The Hall–Kier alpha value is -4.91. The molecule has 0 saturated carbocycles. The van der Waals surface area contributed by atoms with Gasteiger partial charge in [0.15, 0.2) is 0 Å². The van der Waals surface area contributed by atoms with Gasteiger partial charge in [0, 0.05) is 16.8 Å². The Kier molecular flexibility index (Phi) is 6.21. The van der Waals surface area contributed by atoms with Crippen LogP contribution in [0.3, 0.4) is 0 Å². The second-order valence-electron chi connectivity index (χ2n) is 7.82. The van der Waals surface area contributed by atoms with Crippen LogP contribution in [0, 0.1) is 0 Å². The number of aliphatic imine (C=N–C) groups is 1. The van der Waals surface area contributed by atoms with Gasteiger partial charge in [0.05, 0.1) is 11.4 Å². The molecule has 0 unspecified atom stereocenters. The summed E-state index contributed by atoms with van der Waals surface area (Å²) in [6, 6.07) is 32.8. The minimum atomic E-state index is -1.11. The van der Waals surface area contributed by atoms with Gasteiger partial charge in [-0.05, 0) is 42.5 Å². The normalized spacial score (nSPS) is 14.6. The van der Waals surface area contributed by atoms with Crippen LogP contribution in [0.4, 0.5) is 16.2 Å². The summed E-state index contributed by atoms with van der Waals surface area (Å²) >= 11 is 0. The van der Waals surface area contributed by atoms with E-state index in [1.54, 1.807) is 24.3 Å². The minimum absolute atomic E-state index is 0.426. The lowest BCUT2D eigenvalue weighted by atomic mass is 10.0. The number of urea groups is 1. The van der Waals surface area contributed by atoms with Gasteiger partial charge >= 0.3 is 6.03 Å². The van der Waals surface area contributed by atoms with Crippen LogP contribution in [0.2, 0.25) is 0 Å². The lowest BCUT2D eigenvalue weighted by Gasteiger charge is -2.14. The van der Waals surface area contributed by atoms with Gasteiger partial charge in [-0.3, -0.25) is 4.79 Å². The molecule has 172 valence electrons. The Morgan fingerprint density at radius 2 is 1.40 bits per heavy atom. The number of hydrogen-bond donors (Lipinski definition) is 3. The Bertz CT molecular complexity index is 1370. The van der Waals surface area contributed by atoms with Crippen molar-refractivity contribution >= 4 is 29.0 Å². The van der Waals surface area contributed by atoms with E-state index >= 15 is 0 Å².